The van der Waals surface area contributed by atoms with Crippen molar-refractivity contribution >= 4 is 22.8 Å². The average molecular weight is 444 g/mol. The first-order chi connectivity index (χ1) is 15.9. The van der Waals surface area contributed by atoms with Crippen molar-refractivity contribution in [3.8, 4) is 16.9 Å². The molecule has 2 amide bonds. The van der Waals surface area contributed by atoms with Gasteiger partial charge in [-0.3, -0.25) is 20.4 Å². The molecule has 2 aromatic carbocycles. The van der Waals surface area contributed by atoms with Crippen LogP contribution in [-0.2, 0) is 4.79 Å². The van der Waals surface area contributed by atoms with E-state index in [0.717, 1.165) is 16.5 Å². The van der Waals surface area contributed by atoms with Crippen LogP contribution >= 0.6 is 0 Å². The van der Waals surface area contributed by atoms with Gasteiger partial charge in [-0.1, -0.05) is 48.5 Å². The molecule has 0 saturated heterocycles. The number of hydrogen-bond donors (Lipinski definition) is 2. The van der Waals surface area contributed by atoms with E-state index in [9.17, 15) is 9.59 Å². The second-order valence-corrected chi connectivity index (χ2v) is 7.87. The maximum atomic E-state index is 12.6. The fraction of sp³-hybridized carbons (Fsp3) is 0.200. The Morgan fingerprint density at radius 2 is 1.76 bits per heavy atom. The van der Waals surface area contributed by atoms with Crippen molar-refractivity contribution in [3.05, 3.63) is 78.1 Å². The summed E-state index contributed by atoms with van der Waals surface area (Å²) in [6, 6.07) is 19.1. The number of ether oxygens (including phenoxy) is 1. The maximum Gasteiger partial charge on any atom is 0.276 e. The summed E-state index contributed by atoms with van der Waals surface area (Å²) >= 11 is 0. The van der Waals surface area contributed by atoms with E-state index in [0.29, 0.717) is 22.7 Å². The summed E-state index contributed by atoms with van der Waals surface area (Å²) in [5, 5.41) is 5.08. The number of para-hydroxylation sites is 1. The first-order valence-corrected chi connectivity index (χ1v) is 10.7. The lowest BCUT2D eigenvalue weighted by Crippen LogP contribution is -2.44. The molecule has 8 nitrogen and oxygen atoms in total. The number of benzene rings is 2. The van der Waals surface area contributed by atoms with Crippen LogP contribution < -0.4 is 15.6 Å². The largest absolute Gasteiger partial charge is 0.483 e. The number of rotatable bonds is 6. The van der Waals surface area contributed by atoms with Crippen molar-refractivity contribution in [3.63, 3.8) is 0 Å². The van der Waals surface area contributed by atoms with E-state index in [-0.39, 0.29) is 12.6 Å². The zero-order chi connectivity index (χ0) is 23.4. The van der Waals surface area contributed by atoms with Gasteiger partial charge in [0.05, 0.1) is 17.5 Å². The second-order valence-electron chi connectivity index (χ2n) is 7.87. The molecule has 33 heavy (non-hydrogen) atoms. The number of amides is 2. The van der Waals surface area contributed by atoms with E-state index in [1.165, 1.54) is 0 Å². The number of pyridine rings is 1. The highest BCUT2D eigenvalue weighted by Gasteiger charge is 2.16. The van der Waals surface area contributed by atoms with Crippen molar-refractivity contribution in [2.24, 2.45) is 0 Å². The summed E-state index contributed by atoms with van der Waals surface area (Å²) in [5.41, 5.74) is 8.32. The molecule has 0 radical (unpaired) electrons. The first kappa shape index (κ1) is 22.0. The van der Waals surface area contributed by atoms with Gasteiger partial charge in [-0.25, -0.2) is 9.67 Å². The predicted molar refractivity (Wildman–Crippen MR) is 126 cm³/mol. The van der Waals surface area contributed by atoms with Crippen molar-refractivity contribution in [2.45, 2.75) is 26.8 Å². The smallest absolute Gasteiger partial charge is 0.276 e. The Hall–Kier alpha value is -4.20. The summed E-state index contributed by atoms with van der Waals surface area (Å²) in [4.78, 5) is 29.5. The summed E-state index contributed by atoms with van der Waals surface area (Å²) in [6.07, 6.45) is 1.68. The molecule has 0 unspecified atom stereocenters. The Morgan fingerprint density at radius 1 is 1.03 bits per heavy atom. The lowest BCUT2D eigenvalue weighted by atomic mass is 10.1. The summed E-state index contributed by atoms with van der Waals surface area (Å²) in [6.45, 7) is 5.53. The lowest BCUT2D eigenvalue weighted by molar-refractivity contribution is -0.123. The topological polar surface area (TPSA) is 98.1 Å². The fourth-order valence-electron chi connectivity index (χ4n) is 3.50. The molecule has 2 heterocycles. The number of hydrazine groups is 1. The van der Waals surface area contributed by atoms with E-state index in [2.05, 4.69) is 20.9 Å². The third-order valence-electron chi connectivity index (χ3n) is 5.14. The van der Waals surface area contributed by atoms with Crippen LogP contribution in [0.1, 0.15) is 35.9 Å². The molecule has 4 rings (SSSR count). The molecule has 0 bridgehead atoms. The number of carbonyl (C=O) groups excluding carboxylic acids is 2. The van der Waals surface area contributed by atoms with Crippen molar-refractivity contribution in [2.75, 3.05) is 6.61 Å². The highest BCUT2D eigenvalue weighted by atomic mass is 16.5. The Bertz CT molecular complexity index is 1300. The quantitative estimate of drug-likeness (QED) is 0.442. The third-order valence-corrected chi connectivity index (χ3v) is 5.14. The highest BCUT2D eigenvalue weighted by Crippen LogP contribution is 2.29. The Balaban J connectivity index is 1.38. The molecule has 0 spiro atoms. The van der Waals surface area contributed by atoms with Crippen molar-refractivity contribution < 1.29 is 14.3 Å². The Labute approximate surface area is 191 Å². The van der Waals surface area contributed by atoms with Gasteiger partial charge < -0.3 is 4.74 Å². The van der Waals surface area contributed by atoms with E-state index in [4.69, 9.17) is 4.74 Å². The Morgan fingerprint density at radius 3 is 2.52 bits per heavy atom. The fourth-order valence-corrected chi connectivity index (χ4v) is 3.50. The van der Waals surface area contributed by atoms with Gasteiger partial charge in [-0.15, -0.1) is 0 Å². The predicted octanol–water partition coefficient (Wildman–Crippen LogP) is 3.83. The van der Waals surface area contributed by atoms with Gasteiger partial charge in [0.25, 0.3) is 11.8 Å². The maximum absolute atomic E-state index is 12.6. The number of fused-ring (bicyclic) bond motifs is 1. The van der Waals surface area contributed by atoms with Crippen molar-refractivity contribution in [1.82, 2.24) is 25.6 Å². The number of hydrogen-bond acceptors (Lipinski definition) is 5. The molecule has 0 aliphatic carbocycles. The zero-order valence-electron chi connectivity index (χ0n) is 18.7. The molecule has 0 aliphatic rings. The number of aryl methyl sites for hydroxylation is 1. The lowest BCUT2D eigenvalue weighted by Gasteiger charge is -2.13. The molecular formula is C25H25N5O3. The van der Waals surface area contributed by atoms with Crippen molar-refractivity contribution in [1.29, 1.82) is 0 Å². The average Bonchev–Trinajstić information content (AvgIpc) is 3.24. The van der Waals surface area contributed by atoms with Gasteiger partial charge in [0.1, 0.15) is 5.75 Å². The summed E-state index contributed by atoms with van der Waals surface area (Å²) in [5.74, 6) is -0.361. The number of nitrogens with zero attached hydrogens (tertiary/aromatic N) is 3. The van der Waals surface area contributed by atoms with Gasteiger partial charge in [-0.2, -0.15) is 5.10 Å². The molecule has 4 aromatic rings. The SMILES string of the molecule is Cc1nc2c(cnn2C(C)C)cc1C(=O)NNC(=O)COc1ccccc1-c1ccccc1. The van der Waals surface area contributed by atoms with Crippen LogP contribution in [0.25, 0.3) is 22.2 Å². The zero-order valence-corrected chi connectivity index (χ0v) is 18.7. The van der Waals surface area contributed by atoms with Gasteiger partial charge >= 0.3 is 0 Å². The minimum Gasteiger partial charge on any atom is -0.483 e. The summed E-state index contributed by atoms with van der Waals surface area (Å²) < 4.78 is 7.51. The van der Waals surface area contributed by atoms with Crippen LogP contribution in [0.5, 0.6) is 5.75 Å². The molecule has 8 heteroatoms. The van der Waals surface area contributed by atoms with E-state index >= 15 is 0 Å². The number of nitrogens with one attached hydrogen (secondary N) is 2. The van der Waals surface area contributed by atoms with Gasteiger partial charge in [-0.05, 0) is 38.5 Å². The minimum atomic E-state index is -0.481. The van der Waals surface area contributed by atoms with Crippen LogP contribution in [0.4, 0.5) is 0 Å². The first-order valence-electron chi connectivity index (χ1n) is 10.7. The monoisotopic (exact) mass is 443 g/mol. The van der Waals surface area contributed by atoms with Crippen LogP contribution in [0.2, 0.25) is 0 Å². The summed E-state index contributed by atoms with van der Waals surface area (Å²) in [7, 11) is 0. The van der Waals surface area contributed by atoms with E-state index < -0.39 is 11.8 Å². The normalized spacial score (nSPS) is 10.9. The van der Waals surface area contributed by atoms with E-state index in [1.807, 2.05) is 62.4 Å². The van der Waals surface area contributed by atoms with Crippen LogP contribution in [0, 0.1) is 6.92 Å². The molecule has 0 fully saturated rings. The Kier molecular flexibility index (Phi) is 6.35. The molecule has 0 saturated carbocycles. The number of aromatic nitrogens is 3. The molecule has 168 valence electrons. The standard InChI is InChI=1S/C25H25N5O3/c1-16(2)30-24-19(14-26-30)13-21(17(3)27-24)25(32)29-28-23(31)15-33-22-12-8-7-11-20(22)18-9-5-4-6-10-18/h4-14,16H,15H2,1-3H3,(H,28,31)(H,29,32). The molecule has 0 aliphatic heterocycles. The molecule has 0 atom stereocenters. The second kappa shape index (κ2) is 9.52. The van der Waals surface area contributed by atoms with Gasteiger partial charge in [0.2, 0.25) is 0 Å². The van der Waals surface area contributed by atoms with Gasteiger partial charge in [0, 0.05) is 17.0 Å². The minimum absolute atomic E-state index is 0.153. The molecule has 2 aromatic heterocycles. The third kappa shape index (κ3) is 4.85. The van der Waals surface area contributed by atoms with Crippen LogP contribution in [0.15, 0.2) is 66.9 Å². The van der Waals surface area contributed by atoms with E-state index in [1.54, 1.807) is 29.9 Å². The van der Waals surface area contributed by atoms with Crippen LogP contribution in [0.3, 0.4) is 0 Å². The van der Waals surface area contributed by atoms with Gasteiger partial charge in [0.15, 0.2) is 12.3 Å². The van der Waals surface area contributed by atoms with Crippen LogP contribution in [-0.4, -0.2) is 33.2 Å². The number of carbonyl (C=O) groups is 2. The molecular weight excluding hydrogens is 418 g/mol. The molecule has 2 N–H and O–H groups in total. The highest BCUT2D eigenvalue weighted by molar-refractivity contribution is 5.99.